The SMILES string of the molecule is Cc1cc(N)n(CCc2ccccc2)n1. The van der Waals surface area contributed by atoms with Crippen LogP contribution in [0.4, 0.5) is 5.82 Å². The van der Waals surface area contributed by atoms with Gasteiger partial charge in [0.1, 0.15) is 5.82 Å². The second-order valence-electron chi connectivity index (χ2n) is 3.67. The molecule has 3 heteroatoms. The number of nitrogens with zero attached hydrogens (tertiary/aromatic N) is 2. The third kappa shape index (κ3) is 2.37. The van der Waals surface area contributed by atoms with Crippen molar-refractivity contribution in [2.75, 3.05) is 5.73 Å². The summed E-state index contributed by atoms with van der Waals surface area (Å²) in [7, 11) is 0. The fourth-order valence-corrected chi connectivity index (χ4v) is 1.62. The van der Waals surface area contributed by atoms with Gasteiger partial charge in [-0.05, 0) is 18.9 Å². The molecule has 1 heterocycles. The number of aromatic nitrogens is 2. The Kier molecular flexibility index (Phi) is 2.72. The number of nitrogen functional groups attached to an aromatic ring is 1. The second-order valence-corrected chi connectivity index (χ2v) is 3.67. The molecule has 1 aromatic carbocycles. The van der Waals surface area contributed by atoms with Crippen LogP contribution in [0.1, 0.15) is 11.3 Å². The first kappa shape index (κ1) is 9.77. The third-order valence-corrected chi connectivity index (χ3v) is 2.39. The summed E-state index contributed by atoms with van der Waals surface area (Å²) in [5.74, 6) is 0.739. The Morgan fingerprint density at radius 3 is 2.60 bits per heavy atom. The molecule has 3 nitrogen and oxygen atoms in total. The maximum atomic E-state index is 5.81. The van der Waals surface area contributed by atoms with Crippen molar-refractivity contribution in [2.45, 2.75) is 19.9 Å². The maximum Gasteiger partial charge on any atom is 0.121 e. The lowest BCUT2D eigenvalue weighted by atomic mass is 10.1. The van der Waals surface area contributed by atoms with Crippen molar-refractivity contribution in [2.24, 2.45) is 0 Å². The highest BCUT2D eigenvalue weighted by molar-refractivity contribution is 5.30. The standard InChI is InChI=1S/C12H15N3/c1-10-9-12(13)15(14-10)8-7-11-5-3-2-4-6-11/h2-6,9H,7-8,13H2,1H3. The molecule has 0 bridgehead atoms. The number of hydrogen-bond acceptors (Lipinski definition) is 2. The Morgan fingerprint density at radius 1 is 1.27 bits per heavy atom. The molecule has 0 aliphatic heterocycles. The zero-order chi connectivity index (χ0) is 10.7. The third-order valence-electron chi connectivity index (χ3n) is 2.39. The van der Waals surface area contributed by atoms with E-state index in [-0.39, 0.29) is 0 Å². The van der Waals surface area contributed by atoms with E-state index in [4.69, 9.17) is 5.73 Å². The molecular weight excluding hydrogens is 186 g/mol. The summed E-state index contributed by atoms with van der Waals surface area (Å²) in [6.07, 6.45) is 0.964. The van der Waals surface area contributed by atoms with E-state index in [0.717, 1.165) is 24.5 Å². The molecule has 0 unspecified atom stereocenters. The number of benzene rings is 1. The van der Waals surface area contributed by atoms with Gasteiger partial charge >= 0.3 is 0 Å². The van der Waals surface area contributed by atoms with Crippen molar-refractivity contribution in [3.63, 3.8) is 0 Å². The summed E-state index contributed by atoms with van der Waals surface area (Å²) in [6, 6.07) is 12.3. The van der Waals surface area contributed by atoms with Crippen molar-refractivity contribution in [1.29, 1.82) is 0 Å². The van der Waals surface area contributed by atoms with Gasteiger partial charge in [0, 0.05) is 12.6 Å². The van der Waals surface area contributed by atoms with Gasteiger partial charge in [-0.1, -0.05) is 30.3 Å². The molecule has 0 saturated heterocycles. The summed E-state index contributed by atoms with van der Waals surface area (Å²) >= 11 is 0. The molecular formula is C12H15N3. The van der Waals surface area contributed by atoms with E-state index in [1.807, 2.05) is 35.9 Å². The van der Waals surface area contributed by atoms with Gasteiger partial charge in [0.2, 0.25) is 0 Å². The summed E-state index contributed by atoms with van der Waals surface area (Å²) in [5, 5.41) is 4.32. The van der Waals surface area contributed by atoms with Crippen LogP contribution in [0, 0.1) is 6.92 Å². The second kappa shape index (κ2) is 4.17. The van der Waals surface area contributed by atoms with Gasteiger partial charge in [0.05, 0.1) is 5.69 Å². The van der Waals surface area contributed by atoms with Crippen molar-refractivity contribution in [3.05, 3.63) is 47.7 Å². The van der Waals surface area contributed by atoms with Gasteiger partial charge in [-0.3, -0.25) is 0 Å². The average molecular weight is 201 g/mol. The average Bonchev–Trinajstić information content (AvgIpc) is 2.56. The van der Waals surface area contributed by atoms with E-state index in [2.05, 4.69) is 17.2 Å². The molecule has 1 aromatic heterocycles. The normalized spacial score (nSPS) is 10.5. The van der Waals surface area contributed by atoms with Crippen LogP contribution in [0.5, 0.6) is 0 Å². The van der Waals surface area contributed by atoms with Gasteiger partial charge in [0.25, 0.3) is 0 Å². The fourth-order valence-electron chi connectivity index (χ4n) is 1.62. The van der Waals surface area contributed by atoms with Crippen LogP contribution < -0.4 is 5.73 Å². The molecule has 2 aromatic rings. The quantitative estimate of drug-likeness (QED) is 0.825. The molecule has 2 rings (SSSR count). The van der Waals surface area contributed by atoms with Crippen LogP contribution in [0.15, 0.2) is 36.4 Å². The van der Waals surface area contributed by atoms with Gasteiger partial charge in [-0.25, -0.2) is 4.68 Å². The Bertz CT molecular complexity index is 431. The van der Waals surface area contributed by atoms with Gasteiger partial charge < -0.3 is 5.73 Å². The van der Waals surface area contributed by atoms with E-state index in [1.165, 1.54) is 5.56 Å². The van der Waals surface area contributed by atoms with E-state index in [1.54, 1.807) is 0 Å². The van der Waals surface area contributed by atoms with Crippen LogP contribution >= 0.6 is 0 Å². The molecule has 0 amide bonds. The molecule has 0 aliphatic rings. The molecule has 0 spiro atoms. The van der Waals surface area contributed by atoms with Gasteiger partial charge in [-0.15, -0.1) is 0 Å². The van der Waals surface area contributed by atoms with Crippen LogP contribution in [-0.2, 0) is 13.0 Å². The first-order chi connectivity index (χ1) is 7.25. The molecule has 0 atom stereocenters. The summed E-state index contributed by atoms with van der Waals surface area (Å²) < 4.78 is 1.85. The Hall–Kier alpha value is -1.77. The molecule has 78 valence electrons. The van der Waals surface area contributed by atoms with Crippen LogP contribution in [-0.4, -0.2) is 9.78 Å². The highest BCUT2D eigenvalue weighted by Gasteiger charge is 2.01. The topological polar surface area (TPSA) is 43.8 Å². The first-order valence-electron chi connectivity index (χ1n) is 5.09. The fraction of sp³-hybridized carbons (Fsp3) is 0.250. The molecule has 0 aliphatic carbocycles. The highest BCUT2D eigenvalue weighted by atomic mass is 15.3. The maximum absolute atomic E-state index is 5.81. The number of aryl methyl sites for hydroxylation is 3. The molecule has 0 saturated carbocycles. The number of rotatable bonds is 3. The van der Waals surface area contributed by atoms with E-state index < -0.39 is 0 Å². The zero-order valence-corrected chi connectivity index (χ0v) is 8.85. The van der Waals surface area contributed by atoms with Gasteiger partial charge in [-0.2, -0.15) is 5.10 Å². The minimum Gasteiger partial charge on any atom is -0.384 e. The minimum absolute atomic E-state index is 0.739. The molecule has 15 heavy (non-hydrogen) atoms. The van der Waals surface area contributed by atoms with Gasteiger partial charge in [0.15, 0.2) is 0 Å². The van der Waals surface area contributed by atoms with Crippen molar-refractivity contribution >= 4 is 5.82 Å². The van der Waals surface area contributed by atoms with E-state index in [0.29, 0.717) is 0 Å². The predicted octanol–water partition coefficient (Wildman–Crippen LogP) is 2.02. The van der Waals surface area contributed by atoms with Crippen molar-refractivity contribution in [1.82, 2.24) is 9.78 Å². The predicted molar refractivity (Wildman–Crippen MR) is 61.5 cm³/mol. The Balaban J connectivity index is 2.02. The minimum atomic E-state index is 0.739. The molecule has 0 radical (unpaired) electrons. The van der Waals surface area contributed by atoms with Crippen molar-refractivity contribution < 1.29 is 0 Å². The number of hydrogen-bond donors (Lipinski definition) is 1. The van der Waals surface area contributed by atoms with Crippen LogP contribution in [0.25, 0.3) is 0 Å². The molecule has 0 fully saturated rings. The zero-order valence-electron chi connectivity index (χ0n) is 8.85. The largest absolute Gasteiger partial charge is 0.384 e. The van der Waals surface area contributed by atoms with E-state index in [9.17, 15) is 0 Å². The summed E-state index contributed by atoms with van der Waals surface area (Å²) in [5.41, 5.74) is 8.09. The van der Waals surface area contributed by atoms with E-state index >= 15 is 0 Å². The van der Waals surface area contributed by atoms with Crippen LogP contribution in [0.2, 0.25) is 0 Å². The summed E-state index contributed by atoms with van der Waals surface area (Å²) in [4.78, 5) is 0. The monoisotopic (exact) mass is 201 g/mol. The van der Waals surface area contributed by atoms with Crippen LogP contribution in [0.3, 0.4) is 0 Å². The Morgan fingerprint density at radius 2 is 2.00 bits per heavy atom. The first-order valence-corrected chi connectivity index (χ1v) is 5.09. The number of nitrogens with two attached hydrogens (primary N) is 1. The summed E-state index contributed by atoms with van der Waals surface area (Å²) in [6.45, 7) is 2.79. The van der Waals surface area contributed by atoms with Crippen molar-refractivity contribution in [3.8, 4) is 0 Å². The number of anilines is 1. The highest BCUT2D eigenvalue weighted by Crippen LogP contribution is 2.07. The lowest BCUT2D eigenvalue weighted by Crippen LogP contribution is -2.06. The Labute approximate surface area is 89.5 Å². The molecule has 2 N–H and O–H groups in total. The lowest BCUT2D eigenvalue weighted by molar-refractivity contribution is 0.618. The smallest absolute Gasteiger partial charge is 0.121 e. The lowest BCUT2D eigenvalue weighted by Gasteiger charge is -2.03.